The number of rotatable bonds is 6. The molecule has 17 heavy (non-hydrogen) atoms. The summed E-state index contributed by atoms with van der Waals surface area (Å²) < 4.78 is 4.61. The van der Waals surface area contributed by atoms with E-state index in [2.05, 4.69) is 40.2 Å². The van der Waals surface area contributed by atoms with Gasteiger partial charge in [0.2, 0.25) is 0 Å². The molecule has 0 spiro atoms. The highest BCUT2D eigenvalue weighted by molar-refractivity contribution is 7.98. The van der Waals surface area contributed by atoms with E-state index in [1.54, 1.807) is 11.8 Å². The van der Waals surface area contributed by atoms with Gasteiger partial charge in [-0.2, -0.15) is 0 Å². The summed E-state index contributed by atoms with van der Waals surface area (Å²) in [6, 6.07) is 8.42. The largest absolute Gasteiger partial charge is 0.469 e. The van der Waals surface area contributed by atoms with Crippen LogP contribution in [0.25, 0.3) is 0 Å². The molecule has 4 heteroatoms. The number of ether oxygens (including phenoxy) is 1. The molecule has 0 saturated heterocycles. The van der Waals surface area contributed by atoms with E-state index in [4.69, 9.17) is 0 Å². The van der Waals surface area contributed by atoms with E-state index < -0.39 is 0 Å². The summed E-state index contributed by atoms with van der Waals surface area (Å²) in [5.41, 5.74) is 1.17. The van der Waals surface area contributed by atoms with Crippen molar-refractivity contribution in [3.8, 4) is 0 Å². The highest BCUT2D eigenvalue weighted by Gasteiger charge is 2.03. The van der Waals surface area contributed by atoms with Gasteiger partial charge in [-0.3, -0.25) is 4.79 Å². The topological polar surface area (TPSA) is 29.5 Å². The smallest absolute Gasteiger partial charge is 0.305 e. The molecule has 0 fully saturated rings. The monoisotopic (exact) mass is 253 g/mol. The highest BCUT2D eigenvalue weighted by Crippen LogP contribution is 2.19. The van der Waals surface area contributed by atoms with Gasteiger partial charge in [-0.1, -0.05) is 0 Å². The third kappa shape index (κ3) is 4.69. The van der Waals surface area contributed by atoms with Gasteiger partial charge in [0.1, 0.15) is 0 Å². The first kappa shape index (κ1) is 13.9. The number of thioether (sulfide) groups is 1. The van der Waals surface area contributed by atoms with E-state index >= 15 is 0 Å². The molecule has 0 saturated carbocycles. The lowest BCUT2D eigenvalue weighted by Crippen LogP contribution is -2.19. The molecule has 0 aliphatic carbocycles. The molecular weight excluding hydrogens is 234 g/mol. The van der Waals surface area contributed by atoms with Crippen molar-refractivity contribution in [3.63, 3.8) is 0 Å². The predicted molar refractivity (Wildman–Crippen MR) is 72.7 cm³/mol. The number of methoxy groups -OCH3 is 1. The summed E-state index contributed by atoms with van der Waals surface area (Å²) in [4.78, 5) is 14.4. The Kier molecular flexibility index (Phi) is 5.91. The summed E-state index contributed by atoms with van der Waals surface area (Å²) in [6.45, 7) is 0.855. The van der Waals surface area contributed by atoms with Crippen molar-refractivity contribution in [1.82, 2.24) is 0 Å². The van der Waals surface area contributed by atoms with Gasteiger partial charge in [0.25, 0.3) is 0 Å². The van der Waals surface area contributed by atoms with Gasteiger partial charge in [0.15, 0.2) is 0 Å². The molecule has 3 nitrogen and oxygen atoms in total. The lowest BCUT2D eigenvalue weighted by Gasteiger charge is -2.19. The quantitative estimate of drug-likeness (QED) is 0.576. The summed E-state index contributed by atoms with van der Waals surface area (Å²) >= 11 is 1.73. The molecule has 0 bridgehead atoms. The van der Waals surface area contributed by atoms with Crippen molar-refractivity contribution in [2.24, 2.45) is 0 Å². The lowest BCUT2D eigenvalue weighted by molar-refractivity contribution is -0.140. The van der Waals surface area contributed by atoms with Crippen LogP contribution in [0.4, 0.5) is 5.69 Å². The van der Waals surface area contributed by atoms with E-state index in [9.17, 15) is 4.79 Å². The number of carbonyl (C=O) groups excluding carboxylic acids is 1. The minimum absolute atomic E-state index is 0.142. The summed E-state index contributed by atoms with van der Waals surface area (Å²) in [7, 11) is 3.46. The zero-order chi connectivity index (χ0) is 12.7. The Labute approximate surface area is 107 Å². The summed E-state index contributed by atoms with van der Waals surface area (Å²) in [6.07, 6.45) is 3.35. The van der Waals surface area contributed by atoms with Gasteiger partial charge in [-0.25, -0.2) is 0 Å². The molecule has 0 unspecified atom stereocenters. The molecule has 0 atom stereocenters. The Bertz CT molecular complexity index is 351. The van der Waals surface area contributed by atoms with Crippen LogP contribution in [0.3, 0.4) is 0 Å². The Morgan fingerprint density at radius 3 is 2.53 bits per heavy atom. The first-order valence-electron chi connectivity index (χ1n) is 5.59. The fraction of sp³-hybridized carbons (Fsp3) is 0.462. The van der Waals surface area contributed by atoms with E-state index in [1.165, 1.54) is 17.7 Å². The second-order valence-electron chi connectivity index (χ2n) is 3.80. The molecule has 1 aromatic rings. The number of benzene rings is 1. The Balaban J connectivity index is 2.40. The minimum atomic E-state index is -0.142. The van der Waals surface area contributed by atoms with Crippen LogP contribution in [0.15, 0.2) is 29.2 Å². The van der Waals surface area contributed by atoms with Crippen LogP contribution < -0.4 is 4.90 Å². The van der Waals surface area contributed by atoms with E-state index in [0.29, 0.717) is 6.42 Å². The van der Waals surface area contributed by atoms with Crippen molar-refractivity contribution in [2.45, 2.75) is 17.7 Å². The summed E-state index contributed by atoms with van der Waals surface area (Å²) in [5.74, 6) is -0.142. The van der Waals surface area contributed by atoms with Gasteiger partial charge in [0.05, 0.1) is 7.11 Å². The third-order valence-corrected chi connectivity index (χ3v) is 3.36. The first-order valence-corrected chi connectivity index (χ1v) is 6.82. The fourth-order valence-electron chi connectivity index (χ4n) is 1.53. The number of nitrogens with zero attached hydrogens (tertiary/aromatic N) is 1. The maximum absolute atomic E-state index is 11.0. The van der Waals surface area contributed by atoms with Crippen molar-refractivity contribution < 1.29 is 9.53 Å². The van der Waals surface area contributed by atoms with Crippen molar-refractivity contribution in [1.29, 1.82) is 0 Å². The Morgan fingerprint density at radius 1 is 1.35 bits per heavy atom. The van der Waals surface area contributed by atoms with Crippen LogP contribution in [-0.4, -0.2) is 32.9 Å². The number of hydrogen-bond acceptors (Lipinski definition) is 4. The average molecular weight is 253 g/mol. The van der Waals surface area contributed by atoms with Crippen LogP contribution in [0.1, 0.15) is 12.8 Å². The molecule has 0 radical (unpaired) electrons. The molecule has 0 aliphatic heterocycles. The number of anilines is 1. The predicted octanol–water partition coefficient (Wildman–Crippen LogP) is 2.80. The second-order valence-corrected chi connectivity index (χ2v) is 4.68. The van der Waals surface area contributed by atoms with Crippen molar-refractivity contribution in [2.75, 3.05) is 31.9 Å². The van der Waals surface area contributed by atoms with E-state index in [0.717, 1.165) is 13.0 Å². The Morgan fingerprint density at radius 2 is 2.00 bits per heavy atom. The van der Waals surface area contributed by atoms with Crippen LogP contribution >= 0.6 is 11.8 Å². The molecule has 94 valence electrons. The SMILES string of the molecule is COC(=O)CCCN(C)c1ccc(SC)cc1. The van der Waals surface area contributed by atoms with Crippen LogP contribution in [0.2, 0.25) is 0 Å². The number of hydrogen-bond donors (Lipinski definition) is 0. The molecule has 1 aromatic carbocycles. The Hall–Kier alpha value is -1.16. The molecular formula is C13H19NO2S. The maximum atomic E-state index is 11.0. The second kappa shape index (κ2) is 7.22. The number of carbonyl (C=O) groups is 1. The van der Waals surface area contributed by atoms with Gasteiger partial charge in [0, 0.05) is 30.6 Å². The number of esters is 1. The molecule has 1 rings (SSSR count). The molecule has 0 aliphatic rings. The van der Waals surface area contributed by atoms with Gasteiger partial charge < -0.3 is 9.64 Å². The molecule has 0 amide bonds. The average Bonchev–Trinajstić information content (AvgIpc) is 2.38. The lowest BCUT2D eigenvalue weighted by atomic mass is 10.2. The van der Waals surface area contributed by atoms with Crippen molar-refractivity contribution in [3.05, 3.63) is 24.3 Å². The summed E-state index contributed by atoms with van der Waals surface area (Å²) in [5, 5.41) is 0. The maximum Gasteiger partial charge on any atom is 0.305 e. The van der Waals surface area contributed by atoms with Crippen LogP contribution in [0.5, 0.6) is 0 Å². The zero-order valence-corrected chi connectivity index (χ0v) is 11.4. The molecule has 0 N–H and O–H groups in total. The standard InChI is InChI=1S/C13H19NO2S/c1-14(10-4-5-13(15)16-2)11-6-8-12(17-3)9-7-11/h6-9H,4-5,10H2,1-3H3. The van der Waals surface area contributed by atoms with E-state index in [1.807, 2.05) is 7.05 Å². The normalized spacial score (nSPS) is 10.1. The molecule has 0 heterocycles. The van der Waals surface area contributed by atoms with E-state index in [-0.39, 0.29) is 5.97 Å². The van der Waals surface area contributed by atoms with Crippen LogP contribution in [0, 0.1) is 0 Å². The van der Waals surface area contributed by atoms with Gasteiger partial charge in [-0.05, 0) is 36.9 Å². The third-order valence-electron chi connectivity index (χ3n) is 2.62. The van der Waals surface area contributed by atoms with Crippen LogP contribution in [-0.2, 0) is 9.53 Å². The highest BCUT2D eigenvalue weighted by atomic mass is 32.2. The van der Waals surface area contributed by atoms with Gasteiger partial charge in [-0.15, -0.1) is 11.8 Å². The molecule has 0 aromatic heterocycles. The zero-order valence-electron chi connectivity index (χ0n) is 10.6. The fourth-order valence-corrected chi connectivity index (χ4v) is 1.94. The first-order chi connectivity index (χ1) is 8.17. The van der Waals surface area contributed by atoms with Gasteiger partial charge >= 0.3 is 5.97 Å². The van der Waals surface area contributed by atoms with Crippen molar-refractivity contribution >= 4 is 23.4 Å². The minimum Gasteiger partial charge on any atom is -0.469 e.